The van der Waals surface area contributed by atoms with Crippen molar-refractivity contribution in [2.45, 2.75) is 71.1 Å². The Hall–Kier alpha value is -3.56. The Kier molecular flexibility index (Phi) is 6.83. The first-order valence-electron chi connectivity index (χ1n) is 12.7. The van der Waals surface area contributed by atoms with Crippen LogP contribution < -0.4 is 15.4 Å². The summed E-state index contributed by atoms with van der Waals surface area (Å²) in [5.74, 6) is -0.227. The molecule has 37 heavy (non-hydrogen) atoms. The van der Waals surface area contributed by atoms with Crippen LogP contribution in [0.4, 0.5) is 8.78 Å². The first-order valence-corrected chi connectivity index (χ1v) is 12.7. The molecule has 3 atom stereocenters. The Bertz CT molecular complexity index is 1350. The molecule has 8 nitrogen and oxygen atoms in total. The highest BCUT2D eigenvalue weighted by atomic mass is 19.1. The first kappa shape index (κ1) is 25.1. The highest BCUT2D eigenvalue weighted by molar-refractivity contribution is 6.09. The minimum atomic E-state index is -1.29. The molecule has 0 bridgehead atoms. The first-order chi connectivity index (χ1) is 17.7. The van der Waals surface area contributed by atoms with E-state index in [1.807, 2.05) is 0 Å². The normalized spacial score (nSPS) is 21.6. The summed E-state index contributed by atoms with van der Waals surface area (Å²) in [7, 11) is 0. The zero-order chi connectivity index (χ0) is 26.3. The molecule has 0 spiro atoms. The predicted molar refractivity (Wildman–Crippen MR) is 135 cm³/mol. The van der Waals surface area contributed by atoms with Crippen molar-refractivity contribution in [3.8, 4) is 17.0 Å². The SMILES string of the molecule is CC(=O)N[C@H]1CC[C@@H](NC(=O)c2c(C)[nH]c3c(-c4c(OCC5CC5)ccc(C)c4F)ncnc23)[C@H](F)C1. The quantitative estimate of drug-likeness (QED) is 0.438. The molecule has 0 unspecified atom stereocenters. The van der Waals surface area contributed by atoms with Gasteiger partial charge in [0.25, 0.3) is 5.91 Å². The number of fused-ring (bicyclic) bond motifs is 1. The van der Waals surface area contributed by atoms with Gasteiger partial charge in [0.2, 0.25) is 5.91 Å². The van der Waals surface area contributed by atoms with Crippen LogP contribution in [0.2, 0.25) is 0 Å². The molecule has 2 aliphatic carbocycles. The number of benzene rings is 1. The zero-order valence-corrected chi connectivity index (χ0v) is 21.2. The maximum Gasteiger partial charge on any atom is 0.255 e. The highest BCUT2D eigenvalue weighted by Gasteiger charge is 2.33. The Balaban J connectivity index is 1.44. The van der Waals surface area contributed by atoms with Crippen LogP contribution in [0.25, 0.3) is 22.3 Å². The van der Waals surface area contributed by atoms with Crippen molar-refractivity contribution < 1.29 is 23.1 Å². The lowest BCUT2D eigenvalue weighted by atomic mass is 9.89. The van der Waals surface area contributed by atoms with E-state index in [1.165, 1.54) is 13.3 Å². The molecule has 2 aromatic heterocycles. The van der Waals surface area contributed by atoms with Crippen LogP contribution in [0.5, 0.6) is 5.75 Å². The van der Waals surface area contributed by atoms with Gasteiger partial charge < -0.3 is 20.4 Å². The number of hydrogen-bond donors (Lipinski definition) is 3. The number of alkyl halides is 1. The monoisotopic (exact) mass is 511 g/mol. The number of halogens is 2. The van der Waals surface area contributed by atoms with Crippen molar-refractivity contribution in [3.05, 3.63) is 41.1 Å². The third-order valence-electron chi connectivity index (χ3n) is 7.20. The number of hydrogen-bond acceptors (Lipinski definition) is 5. The lowest BCUT2D eigenvalue weighted by Gasteiger charge is -2.32. The third kappa shape index (κ3) is 5.14. The molecular weight excluding hydrogens is 480 g/mol. The number of aryl methyl sites for hydroxylation is 2. The van der Waals surface area contributed by atoms with Crippen LogP contribution in [0, 0.1) is 25.6 Å². The summed E-state index contributed by atoms with van der Waals surface area (Å²) in [6, 6.07) is 2.49. The van der Waals surface area contributed by atoms with E-state index in [-0.39, 0.29) is 29.5 Å². The van der Waals surface area contributed by atoms with Crippen molar-refractivity contribution in [1.82, 2.24) is 25.6 Å². The summed E-state index contributed by atoms with van der Waals surface area (Å²) in [6.07, 6.45) is 3.31. The van der Waals surface area contributed by atoms with Gasteiger partial charge in [0.15, 0.2) is 0 Å². The highest BCUT2D eigenvalue weighted by Crippen LogP contribution is 2.39. The zero-order valence-electron chi connectivity index (χ0n) is 21.2. The second-order valence-electron chi connectivity index (χ2n) is 10.2. The van der Waals surface area contributed by atoms with E-state index in [1.54, 1.807) is 26.0 Å². The molecule has 1 aromatic carbocycles. The number of nitrogens with zero attached hydrogens (tertiary/aromatic N) is 2. The number of H-pyrrole nitrogens is 1. The molecule has 3 N–H and O–H groups in total. The van der Waals surface area contributed by atoms with Gasteiger partial charge in [-0.1, -0.05) is 6.07 Å². The molecule has 0 aliphatic heterocycles. The number of amides is 2. The summed E-state index contributed by atoms with van der Waals surface area (Å²) in [4.78, 5) is 36.5. The fraction of sp³-hybridized carbons (Fsp3) is 0.481. The molecule has 2 saturated carbocycles. The van der Waals surface area contributed by atoms with Gasteiger partial charge in [0.05, 0.1) is 29.3 Å². The molecule has 2 amide bonds. The second kappa shape index (κ2) is 10.1. The number of aromatic amines is 1. The van der Waals surface area contributed by atoms with Crippen LogP contribution in [0.1, 0.15) is 60.6 Å². The maximum absolute atomic E-state index is 15.4. The standard InChI is InChI=1S/C27H31F2N5O3/c1-13-4-9-20(37-11-16-5-6-16)22(23(13)29)25-26-24(30-12-31-25)21(14(2)32-26)27(36)34-19-8-7-17(10-18(19)28)33-15(3)35/h4,9,12,16-19,32H,5-8,10-11H2,1-3H3,(H,33,35)(H,34,36)/t17-,18+,19+/m0/s1. The van der Waals surface area contributed by atoms with Crippen molar-refractivity contribution >= 4 is 22.8 Å². The van der Waals surface area contributed by atoms with Gasteiger partial charge >= 0.3 is 0 Å². The largest absolute Gasteiger partial charge is 0.492 e. The summed E-state index contributed by atoms with van der Waals surface area (Å²) in [6.45, 7) is 5.31. The van der Waals surface area contributed by atoms with E-state index >= 15 is 4.39 Å². The van der Waals surface area contributed by atoms with Crippen molar-refractivity contribution in [3.63, 3.8) is 0 Å². The minimum Gasteiger partial charge on any atom is -0.492 e. The summed E-state index contributed by atoms with van der Waals surface area (Å²) < 4.78 is 36.3. The molecule has 196 valence electrons. The third-order valence-corrected chi connectivity index (χ3v) is 7.20. The molecule has 2 heterocycles. The fourth-order valence-corrected chi connectivity index (χ4v) is 5.02. The summed E-state index contributed by atoms with van der Waals surface area (Å²) >= 11 is 0. The molecule has 2 aliphatic rings. The van der Waals surface area contributed by atoms with Gasteiger partial charge in [0, 0.05) is 25.1 Å². The number of ether oxygens (including phenoxy) is 1. The lowest BCUT2D eigenvalue weighted by Crippen LogP contribution is -2.49. The van der Waals surface area contributed by atoms with E-state index in [0.717, 1.165) is 12.8 Å². The smallest absolute Gasteiger partial charge is 0.255 e. The minimum absolute atomic E-state index is 0.139. The van der Waals surface area contributed by atoms with E-state index < -0.39 is 23.9 Å². The Morgan fingerprint density at radius 1 is 1.14 bits per heavy atom. The molecule has 0 radical (unpaired) electrons. The lowest BCUT2D eigenvalue weighted by molar-refractivity contribution is -0.120. The molecular formula is C27H31F2N5O3. The number of rotatable bonds is 7. The predicted octanol–water partition coefficient (Wildman–Crippen LogP) is 4.29. The molecule has 2 fully saturated rings. The fourth-order valence-electron chi connectivity index (χ4n) is 5.02. The van der Waals surface area contributed by atoms with Gasteiger partial charge in [-0.05, 0) is 57.1 Å². The van der Waals surface area contributed by atoms with Crippen LogP contribution in [0.15, 0.2) is 18.5 Å². The summed E-state index contributed by atoms with van der Waals surface area (Å²) in [5, 5.41) is 5.55. The Morgan fingerprint density at radius 3 is 2.62 bits per heavy atom. The van der Waals surface area contributed by atoms with Crippen LogP contribution in [-0.2, 0) is 4.79 Å². The topological polar surface area (TPSA) is 109 Å². The van der Waals surface area contributed by atoms with Crippen LogP contribution >= 0.6 is 0 Å². The van der Waals surface area contributed by atoms with E-state index in [4.69, 9.17) is 4.74 Å². The second-order valence-corrected chi connectivity index (χ2v) is 10.2. The van der Waals surface area contributed by atoms with Gasteiger partial charge in [-0.2, -0.15) is 0 Å². The van der Waals surface area contributed by atoms with Crippen molar-refractivity contribution in [2.75, 3.05) is 6.61 Å². The van der Waals surface area contributed by atoms with E-state index in [2.05, 4.69) is 25.6 Å². The molecule has 0 saturated heterocycles. The average Bonchev–Trinajstić information content (AvgIpc) is 3.61. The number of carbonyl (C=O) groups excluding carboxylic acids is 2. The number of carbonyl (C=O) groups is 2. The average molecular weight is 512 g/mol. The summed E-state index contributed by atoms with van der Waals surface area (Å²) in [5.41, 5.74) is 2.51. The Labute approximate surface area is 213 Å². The van der Waals surface area contributed by atoms with Gasteiger partial charge in [0.1, 0.15) is 35.3 Å². The van der Waals surface area contributed by atoms with Gasteiger partial charge in [-0.3, -0.25) is 9.59 Å². The van der Waals surface area contributed by atoms with Gasteiger partial charge in [-0.25, -0.2) is 18.7 Å². The van der Waals surface area contributed by atoms with E-state index in [9.17, 15) is 14.0 Å². The molecule has 10 heteroatoms. The Morgan fingerprint density at radius 2 is 1.92 bits per heavy atom. The van der Waals surface area contributed by atoms with Crippen LogP contribution in [0.3, 0.4) is 0 Å². The molecule has 5 rings (SSSR count). The van der Waals surface area contributed by atoms with E-state index in [0.29, 0.717) is 59.1 Å². The number of aromatic nitrogens is 3. The van der Waals surface area contributed by atoms with Crippen molar-refractivity contribution in [1.29, 1.82) is 0 Å². The van der Waals surface area contributed by atoms with Crippen molar-refractivity contribution in [2.24, 2.45) is 5.92 Å². The van der Waals surface area contributed by atoms with Crippen LogP contribution in [-0.4, -0.2) is 51.6 Å². The van der Waals surface area contributed by atoms with Gasteiger partial charge in [-0.15, -0.1) is 0 Å². The maximum atomic E-state index is 15.4. The molecule has 3 aromatic rings. The number of nitrogens with one attached hydrogen (secondary N) is 3.